The predicted molar refractivity (Wildman–Crippen MR) is 126 cm³/mol. The summed E-state index contributed by atoms with van der Waals surface area (Å²) in [5, 5.41) is 24.5. The van der Waals surface area contributed by atoms with Crippen LogP contribution < -0.4 is 5.32 Å². The van der Waals surface area contributed by atoms with Crippen molar-refractivity contribution < 1.29 is 29.3 Å². The fourth-order valence-corrected chi connectivity index (χ4v) is 3.42. The molecule has 0 bridgehead atoms. The molecule has 0 aliphatic heterocycles. The zero-order valence-corrected chi connectivity index (χ0v) is 19.5. The van der Waals surface area contributed by atoms with Gasteiger partial charge in [-0.25, -0.2) is 14.4 Å². The molecule has 0 heterocycles. The summed E-state index contributed by atoms with van der Waals surface area (Å²) in [4.78, 5) is 38.0. The Labute approximate surface area is 194 Å². The van der Waals surface area contributed by atoms with Crippen LogP contribution in [0.15, 0.2) is 42.5 Å². The summed E-state index contributed by atoms with van der Waals surface area (Å²) in [5.41, 5.74) is 0.774. The topological polar surface area (TPSA) is 116 Å². The van der Waals surface area contributed by atoms with Gasteiger partial charge < -0.3 is 25.2 Å². The fourth-order valence-electron chi connectivity index (χ4n) is 3.42. The molecule has 2 aromatic rings. The second kappa shape index (κ2) is 12.8. The average molecular weight is 459 g/mol. The molecule has 0 saturated heterocycles. The average Bonchev–Trinajstić information content (AvgIpc) is 2.77. The van der Waals surface area contributed by atoms with Crippen LogP contribution in [0.4, 0.5) is 4.79 Å². The number of carboxylic acids is 1. The molecule has 2 atom stereocenters. The molecular weight excluding hydrogens is 424 g/mol. The second-order valence-corrected chi connectivity index (χ2v) is 8.56. The number of benzene rings is 2. The highest BCUT2D eigenvalue weighted by atomic mass is 16.5. The number of carbonyl (C=O) groups excluding carboxylic acids is 2. The number of rotatable bonds is 12. The number of carboxylic acid groups (broad SMARTS) is 1. The first-order valence-electron chi connectivity index (χ1n) is 11.3. The third kappa shape index (κ3) is 8.38. The highest BCUT2D eigenvalue weighted by Crippen LogP contribution is 2.17. The number of carbonyl (C=O) groups is 3. The lowest BCUT2D eigenvalue weighted by atomic mass is 10.0. The van der Waals surface area contributed by atoms with E-state index in [1.807, 2.05) is 63.2 Å². The number of aliphatic carboxylic acids is 1. The van der Waals surface area contributed by atoms with E-state index in [1.54, 1.807) is 0 Å². The summed E-state index contributed by atoms with van der Waals surface area (Å²) in [6.07, 6.45) is 0.126. The Morgan fingerprint density at radius 3 is 2.39 bits per heavy atom. The Kier molecular flexibility index (Phi) is 10.1. The first-order chi connectivity index (χ1) is 15.7. The van der Waals surface area contributed by atoms with Crippen molar-refractivity contribution in [1.82, 2.24) is 10.2 Å². The van der Waals surface area contributed by atoms with Gasteiger partial charge in [-0.3, -0.25) is 0 Å². The van der Waals surface area contributed by atoms with Gasteiger partial charge in [-0.05, 0) is 28.7 Å². The van der Waals surface area contributed by atoms with Gasteiger partial charge in [0.15, 0.2) is 6.10 Å². The number of amides is 2. The summed E-state index contributed by atoms with van der Waals surface area (Å²) in [5.74, 6) is -1.92. The maximum atomic E-state index is 12.9. The fraction of sp³-hybridized carbons (Fsp3) is 0.480. The molecule has 0 radical (unpaired) electrons. The van der Waals surface area contributed by atoms with E-state index in [9.17, 15) is 24.6 Å². The van der Waals surface area contributed by atoms with Crippen LogP contribution in [-0.4, -0.2) is 64.9 Å². The number of unbranched alkanes of at least 4 members (excludes halogenated alkanes) is 1. The van der Waals surface area contributed by atoms with Crippen LogP contribution in [0.3, 0.4) is 0 Å². The molecule has 33 heavy (non-hydrogen) atoms. The Bertz CT molecular complexity index is 945. The van der Waals surface area contributed by atoms with E-state index in [0.717, 1.165) is 22.8 Å². The van der Waals surface area contributed by atoms with E-state index in [-0.39, 0.29) is 32.0 Å². The van der Waals surface area contributed by atoms with E-state index in [0.29, 0.717) is 6.42 Å². The van der Waals surface area contributed by atoms with E-state index in [4.69, 9.17) is 4.74 Å². The maximum Gasteiger partial charge on any atom is 0.336 e. The monoisotopic (exact) mass is 458 g/mol. The molecule has 2 amide bonds. The molecule has 8 heteroatoms. The van der Waals surface area contributed by atoms with Gasteiger partial charge in [-0.2, -0.15) is 0 Å². The Morgan fingerprint density at radius 2 is 1.76 bits per heavy atom. The Balaban J connectivity index is 2.08. The summed E-state index contributed by atoms with van der Waals surface area (Å²) in [6.45, 7) is 5.89. The third-order valence-electron chi connectivity index (χ3n) is 5.13. The van der Waals surface area contributed by atoms with Gasteiger partial charge in [0.1, 0.15) is 6.04 Å². The highest BCUT2D eigenvalue weighted by Gasteiger charge is 2.28. The van der Waals surface area contributed by atoms with Crippen molar-refractivity contribution in [2.24, 2.45) is 5.92 Å². The molecule has 0 fully saturated rings. The van der Waals surface area contributed by atoms with Crippen LogP contribution in [0, 0.1) is 5.92 Å². The van der Waals surface area contributed by atoms with Gasteiger partial charge in [0.05, 0.1) is 13.2 Å². The summed E-state index contributed by atoms with van der Waals surface area (Å²) < 4.78 is 5.02. The van der Waals surface area contributed by atoms with Crippen LogP contribution in [0.2, 0.25) is 0 Å². The molecule has 8 nitrogen and oxygen atoms in total. The van der Waals surface area contributed by atoms with Crippen molar-refractivity contribution in [3.8, 4) is 0 Å². The number of nitrogens with one attached hydrogen (secondary N) is 1. The number of aliphatic hydroxyl groups excluding tert-OH is 1. The van der Waals surface area contributed by atoms with Gasteiger partial charge in [0.25, 0.3) is 0 Å². The third-order valence-corrected chi connectivity index (χ3v) is 5.13. The molecule has 2 aromatic carbocycles. The number of hydrogen-bond acceptors (Lipinski definition) is 5. The van der Waals surface area contributed by atoms with E-state index >= 15 is 0 Å². The molecule has 0 spiro atoms. The zero-order valence-electron chi connectivity index (χ0n) is 19.5. The smallest absolute Gasteiger partial charge is 0.336 e. The van der Waals surface area contributed by atoms with Gasteiger partial charge >= 0.3 is 18.0 Å². The van der Waals surface area contributed by atoms with E-state index < -0.39 is 30.1 Å². The summed E-state index contributed by atoms with van der Waals surface area (Å²) >= 11 is 0. The van der Waals surface area contributed by atoms with Crippen LogP contribution in [0.5, 0.6) is 0 Å². The minimum atomic E-state index is -1.50. The molecule has 2 rings (SSSR count). The van der Waals surface area contributed by atoms with Gasteiger partial charge in [-0.15, -0.1) is 0 Å². The minimum absolute atomic E-state index is 0.0443. The molecule has 0 aliphatic carbocycles. The minimum Gasteiger partial charge on any atom is -0.480 e. The first kappa shape index (κ1) is 26.1. The zero-order chi connectivity index (χ0) is 24.4. The van der Waals surface area contributed by atoms with Crippen LogP contribution in [0.1, 0.15) is 39.2 Å². The first-order valence-corrected chi connectivity index (χ1v) is 11.3. The van der Waals surface area contributed by atoms with Crippen molar-refractivity contribution in [3.63, 3.8) is 0 Å². The number of hydrogen-bond donors (Lipinski definition) is 3. The predicted octanol–water partition coefficient (Wildman–Crippen LogP) is 3.21. The van der Waals surface area contributed by atoms with E-state index in [1.165, 1.54) is 4.90 Å². The number of aliphatic hydroxyl groups is 1. The van der Waals surface area contributed by atoms with E-state index in [2.05, 4.69) is 5.32 Å². The van der Waals surface area contributed by atoms with Crippen LogP contribution >= 0.6 is 0 Å². The maximum absolute atomic E-state index is 12.9. The number of urea groups is 1. The van der Waals surface area contributed by atoms with Gasteiger partial charge in [-0.1, -0.05) is 69.7 Å². The normalized spacial score (nSPS) is 12.9. The quantitative estimate of drug-likeness (QED) is 0.332. The number of ether oxygens (including phenoxy) is 1. The highest BCUT2D eigenvalue weighted by molar-refractivity contribution is 5.85. The molecule has 3 N–H and O–H groups in total. The van der Waals surface area contributed by atoms with Gasteiger partial charge in [0, 0.05) is 13.0 Å². The number of nitrogens with zero attached hydrogens (tertiary/aromatic N) is 1. The molecule has 0 saturated carbocycles. The molecule has 0 unspecified atom stereocenters. The van der Waals surface area contributed by atoms with Crippen molar-refractivity contribution in [2.75, 3.05) is 19.7 Å². The number of fused-ring (bicyclic) bond motifs is 1. The Morgan fingerprint density at radius 1 is 1.06 bits per heavy atom. The lowest BCUT2D eigenvalue weighted by Gasteiger charge is -2.28. The molecular formula is C25H34N2O6. The summed E-state index contributed by atoms with van der Waals surface area (Å²) in [7, 11) is 0. The lowest BCUT2D eigenvalue weighted by Crippen LogP contribution is -2.52. The van der Waals surface area contributed by atoms with Crippen LogP contribution in [-0.2, 0) is 20.7 Å². The SMILES string of the molecule is CCCCOC(=O)[C@@H](O)CN(CC(C)C)C(=O)N[C@@H](Cc1ccc2ccccc2c1)C(=O)O. The summed E-state index contributed by atoms with van der Waals surface area (Å²) in [6, 6.07) is 11.6. The van der Waals surface area contributed by atoms with Crippen LogP contribution in [0.25, 0.3) is 10.8 Å². The lowest BCUT2D eigenvalue weighted by molar-refractivity contribution is -0.154. The standard InChI is InChI=1S/C25H34N2O6/c1-4-5-12-33-24(31)22(28)16-27(15-17(2)3)25(32)26-21(23(29)30)14-18-10-11-19-8-6-7-9-20(19)13-18/h6-11,13,17,21-22,28H,4-5,12,14-16H2,1-3H3,(H,26,32)(H,29,30)/t21-,22-/m0/s1. The largest absolute Gasteiger partial charge is 0.480 e. The number of esters is 1. The molecule has 0 aromatic heterocycles. The van der Waals surface area contributed by atoms with Crippen molar-refractivity contribution >= 4 is 28.7 Å². The van der Waals surface area contributed by atoms with Crippen molar-refractivity contribution in [3.05, 3.63) is 48.0 Å². The van der Waals surface area contributed by atoms with Crippen molar-refractivity contribution in [2.45, 2.75) is 52.2 Å². The Hall–Kier alpha value is -3.13. The van der Waals surface area contributed by atoms with Crippen molar-refractivity contribution in [1.29, 1.82) is 0 Å². The second-order valence-electron chi connectivity index (χ2n) is 8.56. The molecule has 0 aliphatic rings. The molecule has 180 valence electrons. The van der Waals surface area contributed by atoms with Gasteiger partial charge in [0.2, 0.25) is 0 Å².